The van der Waals surface area contributed by atoms with E-state index in [2.05, 4.69) is 10.3 Å². The number of aromatic nitrogens is 3. The summed E-state index contributed by atoms with van der Waals surface area (Å²) in [6.45, 7) is 2.66. The van der Waals surface area contributed by atoms with E-state index >= 15 is 0 Å². The van der Waals surface area contributed by atoms with Gasteiger partial charge in [-0.3, -0.25) is 4.79 Å². The molecular weight excluding hydrogens is 318 g/mol. The summed E-state index contributed by atoms with van der Waals surface area (Å²) in [6, 6.07) is 2.59. The number of halogens is 2. The Labute approximate surface area is 137 Å². The van der Waals surface area contributed by atoms with Gasteiger partial charge in [-0.1, -0.05) is 11.3 Å². The predicted octanol–water partition coefficient (Wildman–Crippen LogP) is 1.85. The van der Waals surface area contributed by atoms with Gasteiger partial charge >= 0.3 is 0 Å². The Kier molecular flexibility index (Phi) is 3.56. The zero-order valence-electron chi connectivity index (χ0n) is 13.1. The van der Waals surface area contributed by atoms with E-state index in [1.54, 1.807) is 10.9 Å². The molecule has 1 saturated heterocycles. The van der Waals surface area contributed by atoms with Crippen LogP contribution >= 0.6 is 0 Å². The van der Waals surface area contributed by atoms with Crippen molar-refractivity contribution in [2.24, 2.45) is 0 Å². The van der Waals surface area contributed by atoms with Gasteiger partial charge in [-0.25, -0.2) is 13.5 Å². The van der Waals surface area contributed by atoms with E-state index < -0.39 is 17.5 Å². The molecular formula is C16H16F2N4O2. The Hall–Kier alpha value is -2.35. The van der Waals surface area contributed by atoms with Crippen molar-refractivity contribution < 1.29 is 18.3 Å². The lowest BCUT2D eigenvalue weighted by Crippen LogP contribution is -2.50. The topological polar surface area (TPSA) is 60.3 Å². The molecule has 0 unspecified atom stereocenters. The third-order valence-corrected chi connectivity index (χ3v) is 4.72. The Balaban J connectivity index is 1.61. The molecule has 0 aliphatic carbocycles. The van der Waals surface area contributed by atoms with E-state index in [1.165, 1.54) is 24.0 Å². The molecule has 126 valence electrons. The van der Waals surface area contributed by atoms with Crippen molar-refractivity contribution in [1.29, 1.82) is 0 Å². The quantitative estimate of drug-likeness (QED) is 0.799. The Morgan fingerprint density at radius 3 is 3.00 bits per heavy atom. The average molecular weight is 334 g/mol. The number of nitrogens with zero attached hydrogens (tertiary/aromatic N) is 4. The van der Waals surface area contributed by atoms with Crippen molar-refractivity contribution in [2.75, 3.05) is 13.1 Å². The number of amides is 1. The first kappa shape index (κ1) is 15.2. The minimum absolute atomic E-state index is 0.0529. The summed E-state index contributed by atoms with van der Waals surface area (Å²) in [6.07, 6.45) is 2.19. The van der Waals surface area contributed by atoms with E-state index in [-0.39, 0.29) is 23.3 Å². The van der Waals surface area contributed by atoms with Crippen LogP contribution in [0.2, 0.25) is 0 Å². The van der Waals surface area contributed by atoms with Gasteiger partial charge in [0.2, 0.25) is 0 Å². The molecule has 3 heterocycles. The second-order valence-electron chi connectivity index (χ2n) is 6.18. The highest BCUT2D eigenvalue weighted by Crippen LogP contribution is 2.31. The monoisotopic (exact) mass is 334 g/mol. The number of fused-ring (bicyclic) bond motifs is 3. The Bertz CT molecular complexity index is 807. The van der Waals surface area contributed by atoms with Crippen LogP contribution in [0.15, 0.2) is 18.3 Å². The number of piperidine rings is 1. The number of hydrogen-bond donors (Lipinski definition) is 0. The molecule has 1 aromatic carbocycles. The molecule has 2 aliphatic rings. The molecule has 2 atom stereocenters. The molecule has 0 N–H and O–H groups in total. The summed E-state index contributed by atoms with van der Waals surface area (Å²) < 4.78 is 35.4. The van der Waals surface area contributed by atoms with E-state index in [9.17, 15) is 13.6 Å². The highest BCUT2D eigenvalue weighted by molar-refractivity contribution is 5.94. The lowest BCUT2D eigenvalue weighted by molar-refractivity contribution is -0.0605. The van der Waals surface area contributed by atoms with Gasteiger partial charge in [0.25, 0.3) is 5.91 Å². The number of rotatable bonds is 1. The van der Waals surface area contributed by atoms with Crippen molar-refractivity contribution in [3.05, 3.63) is 46.8 Å². The summed E-state index contributed by atoms with van der Waals surface area (Å²) in [4.78, 5) is 14.2. The van der Waals surface area contributed by atoms with Crippen molar-refractivity contribution in [1.82, 2.24) is 19.9 Å². The van der Waals surface area contributed by atoms with Crippen molar-refractivity contribution in [3.8, 4) is 0 Å². The molecule has 0 spiro atoms. The van der Waals surface area contributed by atoms with Crippen LogP contribution in [-0.2, 0) is 11.3 Å². The normalized spacial score (nSPS) is 22.9. The molecule has 0 bridgehead atoms. The Morgan fingerprint density at radius 2 is 2.17 bits per heavy atom. The zero-order valence-corrected chi connectivity index (χ0v) is 13.1. The number of hydrogen-bond acceptors (Lipinski definition) is 4. The first-order chi connectivity index (χ1) is 11.6. The first-order valence-corrected chi connectivity index (χ1v) is 7.81. The van der Waals surface area contributed by atoms with Gasteiger partial charge in [-0.15, -0.1) is 5.10 Å². The first-order valence-electron chi connectivity index (χ1n) is 7.81. The fourth-order valence-electron chi connectivity index (χ4n) is 3.35. The van der Waals surface area contributed by atoms with Gasteiger partial charge in [0.15, 0.2) is 11.6 Å². The SMILES string of the molecule is Cc1ccc(C(=O)N2CC[C@@H]3OCc4cnnn4[C@@H]3C2)c(F)c1F. The summed E-state index contributed by atoms with van der Waals surface area (Å²) in [7, 11) is 0. The maximum absolute atomic E-state index is 14.1. The van der Waals surface area contributed by atoms with E-state index in [0.717, 1.165) is 5.69 Å². The molecule has 2 aliphatic heterocycles. The average Bonchev–Trinajstić information content (AvgIpc) is 3.08. The van der Waals surface area contributed by atoms with Crippen LogP contribution in [0.5, 0.6) is 0 Å². The lowest BCUT2D eigenvalue weighted by Gasteiger charge is -2.41. The molecule has 2 aromatic rings. The fourth-order valence-corrected chi connectivity index (χ4v) is 3.35. The number of aryl methyl sites for hydroxylation is 1. The van der Waals surface area contributed by atoms with Crippen LogP contribution < -0.4 is 0 Å². The molecule has 24 heavy (non-hydrogen) atoms. The highest BCUT2D eigenvalue weighted by Gasteiger charge is 2.38. The molecule has 1 amide bonds. The van der Waals surface area contributed by atoms with Gasteiger partial charge in [0.1, 0.15) is 0 Å². The molecule has 8 heteroatoms. The van der Waals surface area contributed by atoms with Crippen LogP contribution in [0.3, 0.4) is 0 Å². The lowest BCUT2D eigenvalue weighted by atomic mass is 9.99. The summed E-state index contributed by atoms with van der Waals surface area (Å²) in [5, 5.41) is 7.94. The molecule has 6 nitrogen and oxygen atoms in total. The highest BCUT2D eigenvalue weighted by atomic mass is 19.2. The number of carbonyl (C=O) groups is 1. The third-order valence-electron chi connectivity index (χ3n) is 4.72. The van der Waals surface area contributed by atoms with Gasteiger partial charge < -0.3 is 9.64 Å². The minimum Gasteiger partial charge on any atom is -0.370 e. The largest absolute Gasteiger partial charge is 0.370 e. The number of benzene rings is 1. The summed E-state index contributed by atoms with van der Waals surface area (Å²) in [5.74, 6) is -2.59. The predicted molar refractivity (Wildman–Crippen MR) is 79.3 cm³/mol. The van der Waals surface area contributed by atoms with Crippen molar-refractivity contribution in [3.63, 3.8) is 0 Å². The Morgan fingerprint density at radius 1 is 1.33 bits per heavy atom. The molecule has 0 saturated carbocycles. The van der Waals surface area contributed by atoms with E-state index in [4.69, 9.17) is 4.74 Å². The van der Waals surface area contributed by atoms with Crippen molar-refractivity contribution in [2.45, 2.75) is 32.1 Å². The van der Waals surface area contributed by atoms with Crippen LogP contribution in [0.4, 0.5) is 8.78 Å². The van der Waals surface area contributed by atoms with E-state index in [1.807, 2.05) is 0 Å². The number of likely N-dealkylation sites (tertiary alicyclic amines) is 1. The van der Waals surface area contributed by atoms with Gasteiger partial charge in [-0.05, 0) is 25.0 Å². The zero-order chi connectivity index (χ0) is 16.8. The molecule has 0 radical (unpaired) electrons. The van der Waals surface area contributed by atoms with Gasteiger partial charge in [0, 0.05) is 13.1 Å². The molecule has 4 rings (SSSR count). The van der Waals surface area contributed by atoms with Crippen molar-refractivity contribution >= 4 is 5.91 Å². The standard InChI is InChI=1S/C16H16F2N4O2/c1-9-2-3-11(15(18)14(9)17)16(23)21-5-4-13-12(7-21)22-10(8-24-13)6-19-20-22/h2-3,6,12-13H,4-5,7-8H2,1H3/t12-,13+/m1/s1. The maximum atomic E-state index is 14.1. The fraction of sp³-hybridized carbons (Fsp3) is 0.438. The van der Waals surface area contributed by atoms with Crippen LogP contribution in [0, 0.1) is 18.6 Å². The van der Waals surface area contributed by atoms with Gasteiger partial charge in [-0.2, -0.15) is 0 Å². The molecule has 1 aromatic heterocycles. The number of ether oxygens (including phenoxy) is 1. The number of carbonyl (C=O) groups excluding carboxylic acids is 1. The smallest absolute Gasteiger partial charge is 0.257 e. The van der Waals surface area contributed by atoms with Gasteiger partial charge in [0.05, 0.1) is 36.2 Å². The van der Waals surface area contributed by atoms with Crippen LogP contribution in [0.1, 0.15) is 34.1 Å². The minimum atomic E-state index is -1.09. The van der Waals surface area contributed by atoms with Crippen LogP contribution in [-0.4, -0.2) is 45.0 Å². The molecule has 1 fully saturated rings. The third kappa shape index (κ3) is 2.29. The van der Waals surface area contributed by atoms with E-state index in [0.29, 0.717) is 26.1 Å². The second kappa shape index (κ2) is 5.62. The van der Waals surface area contributed by atoms with Crippen LogP contribution in [0.25, 0.3) is 0 Å². The second-order valence-corrected chi connectivity index (χ2v) is 6.18. The maximum Gasteiger partial charge on any atom is 0.257 e. The summed E-state index contributed by atoms with van der Waals surface area (Å²) >= 11 is 0. The summed E-state index contributed by atoms with van der Waals surface area (Å²) in [5.41, 5.74) is 0.779.